The topological polar surface area (TPSA) is 110 Å². The number of carbonyl (C=O) groups excluding carboxylic acids is 3. The second-order valence-corrected chi connectivity index (χ2v) is 18.0. The zero-order chi connectivity index (χ0) is 33.5. The molecule has 0 aromatic rings. The van der Waals surface area contributed by atoms with Crippen molar-refractivity contribution in [2.45, 2.75) is 145 Å². The van der Waals surface area contributed by atoms with Gasteiger partial charge in [0.15, 0.2) is 5.78 Å². The van der Waals surface area contributed by atoms with Crippen molar-refractivity contribution in [3.63, 3.8) is 0 Å². The summed E-state index contributed by atoms with van der Waals surface area (Å²) in [6.07, 6.45) is 8.04. The fraction of sp³-hybridized carbons (Fsp3) is 0.842. The number of aliphatic carboxylic acids is 1. The lowest BCUT2D eigenvalue weighted by atomic mass is 9.37. The van der Waals surface area contributed by atoms with Crippen molar-refractivity contribution in [3.8, 4) is 0 Å². The van der Waals surface area contributed by atoms with E-state index < -0.39 is 22.9 Å². The molecule has 4 unspecified atom stereocenters. The molecule has 0 bridgehead atoms. The highest BCUT2D eigenvalue weighted by atomic mass is 16.5. The van der Waals surface area contributed by atoms with Gasteiger partial charge >= 0.3 is 11.9 Å². The zero-order valence-corrected chi connectivity index (χ0v) is 29.6. The maximum atomic E-state index is 13.6. The predicted molar refractivity (Wildman–Crippen MR) is 174 cm³/mol. The summed E-state index contributed by atoms with van der Waals surface area (Å²) in [4.78, 5) is 51.4. The molecule has 0 saturated heterocycles. The van der Waals surface area contributed by atoms with Crippen LogP contribution >= 0.6 is 0 Å². The summed E-state index contributed by atoms with van der Waals surface area (Å²) in [5.74, 6) is 0.610. The monoisotopic (exact) mass is 625 g/mol. The number of nitrogens with one attached hydrogen (secondary N) is 1. The van der Waals surface area contributed by atoms with Crippen LogP contribution in [0.25, 0.3) is 0 Å². The molecule has 0 heterocycles. The zero-order valence-electron chi connectivity index (χ0n) is 29.6. The quantitative estimate of drug-likeness (QED) is 0.283. The molecule has 7 heteroatoms. The second-order valence-electron chi connectivity index (χ2n) is 18.0. The molecule has 0 aromatic carbocycles. The Balaban J connectivity index is 1.42. The molecule has 5 rings (SSSR count). The first kappa shape index (κ1) is 34.2. The molecule has 0 radical (unpaired) electrons. The standard InChI is InChI=1S/C38H59NO6/c1-21(2)30-25(40)19-38(39-32(42)22(3)4)18-13-24-23(31(30)38)11-12-27-36(24,9)16-14-26-35(7,8)28(15-17-37(26,27)10)45-29(41)20-34(5,6)33(43)44/h21-24,26-28H,11-20H2,1-10H3,(H,39,42)(H,43,44)/t23?,24?,26?,27?,28-,36-,37-,38+/m0/s1. The minimum atomic E-state index is -1.15. The molecule has 7 nitrogen and oxygen atoms in total. The number of carbonyl (C=O) groups is 4. The Labute approximate surface area is 271 Å². The van der Waals surface area contributed by atoms with Crippen LogP contribution in [0.3, 0.4) is 0 Å². The first-order chi connectivity index (χ1) is 20.7. The van der Waals surface area contributed by atoms with Crippen molar-refractivity contribution < 1.29 is 29.0 Å². The van der Waals surface area contributed by atoms with Gasteiger partial charge in [0, 0.05) is 17.8 Å². The molecule has 0 aliphatic heterocycles. The van der Waals surface area contributed by atoms with E-state index in [1.807, 2.05) is 13.8 Å². The normalized spacial score (nSPS) is 39.1. The maximum absolute atomic E-state index is 13.6. The van der Waals surface area contributed by atoms with Gasteiger partial charge in [-0.2, -0.15) is 0 Å². The van der Waals surface area contributed by atoms with Crippen LogP contribution < -0.4 is 5.32 Å². The van der Waals surface area contributed by atoms with Gasteiger partial charge < -0.3 is 15.2 Å². The Morgan fingerprint density at radius 1 is 0.911 bits per heavy atom. The first-order valence-electron chi connectivity index (χ1n) is 17.7. The molecule has 1 amide bonds. The molecule has 0 spiro atoms. The summed E-state index contributed by atoms with van der Waals surface area (Å²) in [6.45, 7) is 20.9. The molecule has 4 fully saturated rings. The Morgan fingerprint density at radius 2 is 1.56 bits per heavy atom. The molecular weight excluding hydrogens is 566 g/mol. The maximum Gasteiger partial charge on any atom is 0.309 e. The SMILES string of the molecule is CC(C)C(=O)N[C@@]12CCC3C(CCC4[C@@]3(C)CCC3C(C)(C)[C@@H](OC(=O)CC(C)(C)C(=O)O)CC[C@@]34C)C1=C(C(C)C)C(=O)C2. The van der Waals surface area contributed by atoms with Crippen molar-refractivity contribution in [2.75, 3.05) is 0 Å². The fourth-order valence-electron chi connectivity index (χ4n) is 11.6. The van der Waals surface area contributed by atoms with Crippen LogP contribution in [0.2, 0.25) is 0 Å². The Kier molecular flexibility index (Phi) is 8.52. The lowest BCUT2D eigenvalue weighted by Crippen LogP contribution is -2.64. The van der Waals surface area contributed by atoms with Gasteiger partial charge in [0.1, 0.15) is 6.10 Å². The number of hydrogen-bond acceptors (Lipinski definition) is 5. The van der Waals surface area contributed by atoms with E-state index in [0.29, 0.717) is 30.1 Å². The van der Waals surface area contributed by atoms with E-state index >= 15 is 0 Å². The van der Waals surface area contributed by atoms with E-state index in [0.717, 1.165) is 56.9 Å². The van der Waals surface area contributed by atoms with Crippen molar-refractivity contribution in [1.29, 1.82) is 0 Å². The van der Waals surface area contributed by atoms with Crippen molar-refractivity contribution in [2.24, 2.45) is 57.2 Å². The number of hydrogen-bond donors (Lipinski definition) is 2. The molecule has 2 N–H and O–H groups in total. The van der Waals surface area contributed by atoms with Crippen molar-refractivity contribution in [1.82, 2.24) is 5.32 Å². The minimum Gasteiger partial charge on any atom is -0.481 e. The van der Waals surface area contributed by atoms with Crippen LogP contribution in [0, 0.1) is 57.2 Å². The van der Waals surface area contributed by atoms with Gasteiger partial charge in [0.25, 0.3) is 0 Å². The number of fused-ring (bicyclic) bond motifs is 7. The fourth-order valence-corrected chi connectivity index (χ4v) is 11.6. The molecule has 4 saturated carbocycles. The van der Waals surface area contributed by atoms with Gasteiger partial charge in [-0.15, -0.1) is 0 Å². The molecular formula is C38H59NO6. The van der Waals surface area contributed by atoms with E-state index in [9.17, 15) is 24.3 Å². The van der Waals surface area contributed by atoms with Crippen molar-refractivity contribution in [3.05, 3.63) is 11.1 Å². The number of allylic oxidation sites excluding steroid dienone is 1. The summed E-state index contributed by atoms with van der Waals surface area (Å²) in [6, 6.07) is 0. The largest absolute Gasteiger partial charge is 0.481 e. The third-order valence-corrected chi connectivity index (χ3v) is 13.9. The van der Waals surface area contributed by atoms with Gasteiger partial charge in [-0.25, -0.2) is 0 Å². The Bertz CT molecular complexity index is 1290. The van der Waals surface area contributed by atoms with Crippen LogP contribution in [0.5, 0.6) is 0 Å². The number of rotatable bonds is 7. The lowest BCUT2D eigenvalue weighted by Gasteiger charge is -2.68. The van der Waals surface area contributed by atoms with Crippen LogP contribution in [-0.2, 0) is 23.9 Å². The number of esters is 1. The van der Waals surface area contributed by atoms with Gasteiger partial charge in [-0.1, -0.05) is 55.4 Å². The van der Waals surface area contributed by atoms with E-state index in [4.69, 9.17) is 4.74 Å². The summed E-state index contributed by atoms with van der Waals surface area (Å²) in [5, 5.41) is 13.0. The number of ether oxygens (including phenoxy) is 1. The summed E-state index contributed by atoms with van der Waals surface area (Å²) >= 11 is 0. The number of carboxylic acids is 1. The van der Waals surface area contributed by atoms with E-state index in [1.54, 1.807) is 13.8 Å². The molecule has 45 heavy (non-hydrogen) atoms. The second kappa shape index (κ2) is 11.2. The average molecular weight is 626 g/mol. The summed E-state index contributed by atoms with van der Waals surface area (Å²) in [5.41, 5.74) is 0.607. The Morgan fingerprint density at radius 3 is 2.16 bits per heavy atom. The van der Waals surface area contributed by atoms with Crippen molar-refractivity contribution >= 4 is 23.6 Å². The Hall–Kier alpha value is -2.18. The van der Waals surface area contributed by atoms with E-state index in [1.165, 1.54) is 5.57 Å². The van der Waals surface area contributed by atoms with E-state index in [-0.39, 0.29) is 52.3 Å². The molecule has 5 aliphatic carbocycles. The van der Waals surface area contributed by atoms with Crippen LogP contribution in [0.15, 0.2) is 11.1 Å². The third-order valence-electron chi connectivity index (χ3n) is 13.9. The minimum absolute atomic E-state index is 0.0443. The van der Waals surface area contributed by atoms with Gasteiger partial charge in [0.2, 0.25) is 5.91 Å². The lowest BCUT2D eigenvalue weighted by molar-refractivity contribution is -0.213. The number of ketones is 1. The average Bonchev–Trinajstić information content (AvgIpc) is 3.21. The number of carboxylic acid groups (broad SMARTS) is 1. The smallest absolute Gasteiger partial charge is 0.309 e. The van der Waals surface area contributed by atoms with Crippen LogP contribution in [-0.4, -0.2) is 40.4 Å². The third kappa shape index (κ3) is 5.30. The van der Waals surface area contributed by atoms with Crippen LogP contribution in [0.4, 0.5) is 0 Å². The first-order valence-corrected chi connectivity index (χ1v) is 17.7. The van der Waals surface area contributed by atoms with Gasteiger partial charge in [-0.3, -0.25) is 19.2 Å². The van der Waals surface area contributed by atoms with Gasteiger partial charge in [0.05, 0.1) is 17.4 Å². The highest BCUT2D eigenvalue weighted by molar-refractivity contribution is 6.02. The molecule has 252 valence electrons. The summed E-state index contributed by atoms with van der Waals surface area (Å²) in [7, 11) is 0. The number of amides is 1. The molecule has 0 aromatic heterocycles. The molecule has 5 aliphatic rings. The number of Topliss-reactive ketones (excluding diaryl/α,β-unsaturated/α-hetero) is 1. The molecule has 8 atom stereocenters. The summed E-state index contributed by atoms with van der Waals surface area (Å²) < 4.78 is 6.11. The highest BCUT2D eigenvalue weighted by Crippen LogP contribution is 2.72. The predicted octanol–water partition coefficient (Wildman–Crippen LogP) is 7.51. The van der Waals surface area contributed by atoms with E-state index in [2.05, 4.69) is 46.9 Å². The van der Waals surface area contributed by atoms with Crippen LogP contribution in [0.1, 0.15) is 133 Å². The highest BCUT2D eigenvalue weighted by Gasteiger charge is 2.67. The van der Waals surface area contributed by atoms with Gasteiger partial charge in [-0.05, 0) is 117 Å².